The molecule has 0 bridgehead atoms. The van der Waals surface area contributed by atoms with Gasteiger partial charge in [-0.3, -0.25) is 4.57 Å². The average Bonchev–Trinajstić information content (AvgIpc) is 3.14. The first kappa shape index (κ1) is 17.1. The summed E-state index contributed by atoms with van der Waals surface area (Å²) in [5.74, 6) is 0.733. The zero-order valence-corrected chi connectivity index (χ0v) is 14.2. The molecule has 2 nitrogen and oxygen atoms in total. The lowest BCUT2D eigenvalue weighted by Crippen LogP contribution is -2.04. The lowest BCUT2D eigenvalue weighted by molar-refractivity contribution is -0.137. The van der Waals surface area contributed by atoms with E-state index in [-0.39, 0.29) is 0 Å². The number of imidazole rings is 1. The zero-order valence-electron chi connectivity index (χ0n) is 14.2. The molecule has 4 rings (SSSR count). The molecule has 0 unspecified atom stereocenters. The van der Waals surface area contributed by atoms with E-state index in [1.165, 1.54) is 12.1 Å². The van der Waals surface area contributed by atoms with Crippen molar-refractivity contribution < 1.29 is 13.2 Å². The maximum atomic E-state index is 12.9. The normalized spacial score (nSPS) is 11.5. The summed E-state index contributed by atoms with van der Waals surface area (Å²) in [6.07, 6.45) is -2.66. The van der Waals surface area contributed by atoms with Crippen molar-refractivity contribution in [3.63, 3.8) is 0 Å². The first-order chi connectivity index (χ1) is 13.0. The van der Waals surface area contributed by atoms with Crippen LogP contribution in [0.4, 0.5) is 13.2 Å². The van der Waals surface area contributed by atoms with Crippen molar-refractivity contribution in [3.05, 3.63) is 96.7 Å². The number of benzene rings is 3. The summed E-state index contributed by atoms with van der Waals surface area (Å²) >= 11 is 0. The summed E-state index contributed by atoms with van der Waals surface area (Å²) in [6, 6.07) is 24.5. The second-order valence-electron chi connectivity index (χ2n) is 6.08. The molecule has 1 aromatic heterocycles. The summed E-state index contributed by atoms with van der Waals surface area (Å²) in [5.41, 5.74) is 2.55. The Morgan fingerprint density at radius 2 is 1.26 bits per heavy atom. The van der Waals surface area contributed by atoms with Crippen LogP contribution in [0.2, 0.25) is 0 Å². The minimum Gasteiger partial charge on any atom is -0.292 e. The average molecular weight is 364 g/mol. The Balaban J connectivity index is 1.88. The van der Waals surface area contributed by atoms with Gasteiger partial charge in [-0.15, -0.1) is 0 Å². The van der Waals surface area contributed by atoms with Gasteiger partial charge in [0.2, 0.25) is 0 Å². The molecule has 0 atom stereocenters. The van der Waals surface area contributed by atoms with Crippen LogP contribution in [0.5, 0.6) is 0 Å². The van der Waals surface area contributed by atoms with Crippen LogP contribution < -0.4 is 0 Å². The van der Waals surface area contributed by atoms with Crippen LogP contribution in [-0.2, 0) is 6.18 Å². The summed E-state index contributed by atoms with van der Waals surface area (Å²) in [7, 11) is 0. The van der Waals surface area contributed by atoms with Crippen molar-refractivity contribution >= 4 is 0 Å². The first-order valence-corrected chi connectivity index (χ1v) is 8.40. The van der Waals surface area contributed by atoms with Crippen molar-refractivity contribution in [1.82, 2.24) is 9.55 Å². The van der Waals surface area contributed by atoms with Gasteiger partial charge in [-0.05, 0) is 24.3 Å². The Morgan fingerprint density at radius 3 is 1.85 bits per heavy atom. The molecule has 0 aliphatic rings. The minimum absolute atomic E-state index is 0.666. The second kappa shape index (κ2) is 6.76. The monoisotopic (exact) mass is 364 g/mol. The molecule has 0 saturated heterocycles. The second-order valence-corrected chi connectivity index (χ2v) is 6.08. The molecule has 0 spiro atoms. The van der Waals surface area contributed by atoms with Gasteiger partial charge in [-0.1, -0.05) is 60.7 Å². The first-order valence-electron chi connectivity index (χ1n) is 8.40. The molecule has 0 fully saturated rings. The van der Waals surface area contributed by atoms with Gasteiger partial charge < -0.3 is 0 Å². The molecule has 4 aromatic rings. The third kappa shape index (κ3) is 3.36. The van der Waals surface area contributed by atoms with Crippen LogP contribution in [0.15, 0.2) is 91.1 Å². The Morgan fingerprint density at radius 1 is 0.667 bits per heavy atom. The number of nitrogens with zero attached hydrogens (tertiary/aromatic N) is 2. The zero-order chi connectivity index (χ0) is 18.9. The van der Waals surface area contributed by atoms with Crippen molar-refractivity contribution in [1.29, 1.82) is 0 Å². The molecule has 0 aliphatic carbocycles. The van der Waals surface area contributed by atoms with Gasteiger partial charge in [0, 0.05) is 16.8 Å². The van der Waals surface area contributed by atoms with Crippen LogP contribution in [0.1, 0.15) is 5.56 Å². The molecule has 0 amide bonds. The van der Waals surface area contributed by atoms with Crippen LogP contribution in [0.25, 0.3) is 28.3 Å². The highest BCUT2D eigenvalue weighted by molar-refractivity contribution is 5.69. The Bertz CT molecular complexity index is 1030. The Labute approximate surface area is 154 Å². The van der Waals surface area contributed by atoms with Gasteiger partial charge in [0.15, 0.2) is 0 Å². The van der Waals surface area contributed by atoms with E-state index in [4.69, 9.17) is 0 Å². The van der Waals surface area contributed by atoms with E-state index in [9.17, 15) is 13.2 Å². The molecule has 1 heterocycles. The van der Waals surface area contributed by atoms with Crippen molar-refractivity contribution in [2.45, 2.75) is 6.18 Å². The molecule has 0 radical (unpaired) electrons. The van der Waals surface area contributed by atoms with E-state index in [0.717, 1.165) is 34.9 Å². The van der Waals surface area contributed by atoms with Gasteiger partial charge in [-0.2, -0.15) is 13.2 Å². The maximum Gasteiger partial charge on any atom is 0.416 e. The third-order valence-electron chi connectivity index (χ3n) is 4.32. The fourth-order valence-electron chi connectivity index (χ4n) is 3.01. The van der Waals surface area contributed by atoms with Gasteiger partial charge in [0.05, 0.1) is 17.5 Å². The summed E-state index contributed by atoms with van der Waals surface area (Å²) in [6.45, 7) is 0. The number of para-hydroxylation sites is 1. The number of rotatable bonds is 3. The number of alkyl halides is 3. The smallest absolute Gasteiger partial charge is 0.292 e. The van der Waals surface area contributed by atoms with Crippen LogP contribution >= 0.6 is 0 Å². The van der Waals surface area contributed by atoms with E-state index < -0.39 is 11.7 Å². The molecular weight excluding hydrogens is 349 g/mol. The fraction of sp³-hybridized carbons (Fsp3) is 0.0455. The molecule has 0 saturated carbocycles. The van der Waals surface area contributed by atoms with Crippen LogP contribution in [0.3, 0.4) is 0 Å². The van der Waals surface area contributed by atoms with Gasteiger partial charge in [-0.25, -0.2) is 4.98 Å². The van der Waals surface area contributed by atoms with Crippen molar-refractivity contribution in [3.8, 4) is 28.3 Å². The quantitative estimate of drug-likeness (QED) is 0.422. The van der Waals surface area contributed by atoms with E-state index >= 15 is 0 Å². The number of halogens is 3. The summed E-state index contributed by atoms with van der Waals surface area (Å²) in [5, 5.41) is 0. The molecule has 0 aliphatic heterocycles. The highest BCUT2D eigenvalue weighted by Crippen LogP contribution is 2.33. The van der Waals surface area contributed by atoms with Crippen molar-refractivity contribution in [2.24, 2.45) is 0 Å². The van der Waals surface area contributed by atoms with Gasteiger partial charge >= 0.3 is 6.18 Å². The predicted molar refractivity (Wildman–Crippen MR) is 99.4 cm³/mol. The summed E-state index contributed by atoms with van der Waals surface area (Å²) in [4.78, 5) is 4.55. The molecule has 5 heteroatoms. The molecular formula is C22H15F3N2. The Hall–Kier alpha value is -3.34. The lowest BCUT2D eigenvalue weighted by Gasteiger charge is -2.13. The molecule has 27 heavy (non-hydrogen) atoms. The molecule has 134 valence electrons. The lowest BCUT2D eigenvalue weighted by atomic mass is 10.1. The van der Waals surface area contributed by atoms with Crippen molar-refractivity contribution in [2.75, 3.05) is 0 Å². The number of aromatic nitrogens is 2. The molecule has 3 aromatic carbocycles. The fourth-order valence-corrected chi connectivity index (χ4v) is 3.01. The van der Waals surface area contributed by atoms with Gasteiger partial charge in [0.1, 0.15) is 5.82 Å². The highest BCUT2D eigenvalue weighted by Gasteiger charge is 2.30. The van der Waals surface area contributed by atoms with E-state index in [1.807, 2.05) is 65.2 Å². The van der Waals surface area contributed by atoms with Gasteiger partial charge in [0.25, 0.3) is 0 Å². The van der Waals surface area contributed by atoms with Crippen LogP contribution in [0, 0.1) is 0 Å². The van der Waals surface area contributed by atoms with E-state index in [2.05, 4.69) is 4.98 Å². The van der Waals surface area contributed by atoms with Crippen LogP contribution in [-0.4, -0.2) is 9.55 Å². The summed E-state index contributed by atoms with van der Waals surface area (Å²) < 4.78 is 40.6. The highest BCUT2D eigenvalue weighted by atomic mass is 19.4. The van der Waals surface area contributed by atoms with E-state index in [0.29, 0.717) is 5.56 Å². The minimum atomic E-state index is -4.35. The third-order valence-corrected chi connectivity index (χ3v) is 4.32. The number of hydrogen-bond acceptors (Lipinski definition) is 1. The predicted octanol–water partition coefficient (Wildman–Crippen LogP) is 6.23. The largest absolute Gasteiger partial charge is 0.416 e. The SMILES string of the molecule is FC(F)(F)c1ccc(-c2cnc(-c3ccccc3)n2-c2ccccc2)cc1. The maximum absolute atomic E-state index is 12.9. The topological polar surface area (TPSA) is 17.8 Å². The Kier molecular flexibility index (Phi) is 4.28. The standard InChI is InChI=1S/C22H15F3N2/c23-22(24,25)18-13-11-16(12-14-18)20-15-26-21(17-7-3-1-4-8-17)27(20)19-9-5-2-6-10-19/h1-15H. The number of hydrogen-bond donors (Lipinski definition) is 0. The van der Waals surface area contributed by atoms with E-state index in [1.54, 1.807) is 6.20 Å². The molecule has 0 N–H and O–H groups in total.